The summed E-state index contributed by atoms with van der Waals surface area (Å²) in [6.07, 6.45) is 0.266. The van der Waals surface area contributed by atoms with E-state index in [-0.39, 0.29) is 18.3 Å². The van der Waals surface area contributed by atoms with Crippen molar-refractivity contribution in [3.05, 3.63) is 52.5 Å². The van der Waals surface area contributed by atoms with Gasteiger partial charge in [0.05, 0.1) is 19.0 Å². The van der Waals surface area contributed by atoms with Crippen LogP contribution in [0, 0.1) is 17.1 Å². The first-order valence-corrected chi connectivity index (χ1v) is 7.28. The summed E-state index contributed by atoms with van der Waals surface area (Å²) in [5.41, 5.74) is 0.523. The Morgan fingerprint density at radius 1 is 1.33 bits per heavy atom. The highest BCUT2D eigenvalue weighted by atomic mass is 32.1. The molecule has 0 saturated carbocycles. The van der Waals surface area contributed by atoms with Crippen LogP contribution in [0.2, 0.25) is 0 Å². The van der Waals surface area contributed by atoms with Crippen molar-refractivity contribution >= 4 is 23.1 Å². The molecule has 4 nitrogen and oxygen atoms in total. The van der Waals surface area contributed by atoms with Gasteiger partial charge in [-0.3, -0.25) is 0 Å². The molecule has 0 aliphatic heterocycles. The summed E-state index contributed by atoms with van der Waals surface area (Å²) in [6, 6.07) is 11.2. The highest BCUT2D eigenvalue weighted by molar-refractivity contribution is 7.09. The summed E-state index contributed by atoms with van der Waals surface area (Å²) >= 11 is 1.56. The van der Waals surface area contributed by atoms with Gasteiger partial charge in [0.15, 0.2) is 0 Å². The average molecular weight is 303 g/mol. The van der Waals surface area contributed by atoms with Gasteiger partial charge in [-0.1, -0.05) is 6.07 Å². The highest BCUT2D eigenvalue weighted by Crippen LogP contribution is 2.14. The molecule has 0 aliphatic rings. The lowest BCUT2D eigenvalue weighted by molar-refractivity contribution is 0.211. The van der Waals surface area contributed by atoms with Crippen molar-refractivity contribution in [2.75, 3.05) is 11.9 Å². The van der Waals surface area contributed by atoms with Crippen molar-refractivity contribution in [3.8, 4) is 6.07 Å². The SMILES string of the molecule is N#CCCN(Cc1cccs1)C(=O)Nc1ccc(F)cc1. The van der Waals surface area contributed by atoms with Crippen molar-refractivity contribution in [1.82, 2.24) is 4.90 Å². The van der Waals surface area contributed by atoms with Crippen LogP contribution >= 0.6 is 11.3 Å². The number of hydrogen-bond donors (Lipinski definition) is 1. The van der Waals surface area contributed by atoms with Gasteiger partial charge in [-0.2, -0.15) is 5.26 Å². The molecule has 0 bridgehead atoms. The first-order valence-electron chi connectivity index (χ1n) is 6.40. The van der Waals surface area contributed by atoms with Crippen LogP contribution in [0.4, 0.5) is 14.9 Å². The molecule has 0 aliphatic carbocycles. The van der Waals surface area contributed by atoms with Crippen LogP contribution in [0.1, 0.15) is 11.3 Å². The lowest BCUT2D eigenvalue weighted by atomic mass is 10.3. The second kappa shape index (κ2) is 7.41. The molecule has 108 valence electrons. The zero-order chi connectivity index (χ0) is 15.1. The Kier molecular flexibility index (Phi) is 5.29. The van der Waals surface area contributed by atoms with Crippen LogP contribution in [-0.4, -0.2) is 17.5 Å². The van der Waals surface area contributed by atoms with E-state index in [4.69, 9.17) is 5.26 Å². The van der Waals surface area contributed by atoms with Crippen molar-refractivity contribution in [3.63, 3.8) is 0 Å². The number of nitrogens with zero attached hydrogens (tertiary/aromatic N) is 2. The number of urea groups is 1. The summed E-state index contributed by atoms with van der Waals surface area (Å²) in [5.74, 6) is -0.354. The summed E-state index contributed by atoms with van der Waals surface area (Å²) in [5, 5.41) is 13.3. The molecule has 0 spiro atoms. The minimum atomic E-state index is -0.354. The van der Waals surface area contributed by atoms with Crippen LogP contribution in [0.15, 0.2) is 41.8 Å². The quantitative estimate of drug-likeness (QED) is 0.912. The van der Waals surface area contributed by atoms with Crippen molar-refractivity contribution in [2.24, 2.45) is 0 Å². The predicted octanol–water partition coefficient (Wildman–Crippen LogP) is 3.83. The van der Waals surface area contributed by atoms with Crippen LogP contribution in [-0.2, 0) is 6.54 Å². The second-order valence-electron chi connectivity index (χ2n) is 4.35. The Labute approximate surface area is 126 Å². The fourth-order valence-electron chi connectivity index (χ4n) is 1.76. The molecule has 0 unspecified atom stereocenters. The largest absolute Gasteiger partial charge is 0.322 e. The summed E-state index contributed by atoms with van der Waals surface area (Å²) in [7, 11) is 0. The molecule has 0 atom stereocenters. The van der Waals surface area contributed by atoms with Crippen molar-refractivity contribution < 1.29 is 9.18 Å². The second-order valence-corrected chi connectivity index (χ2v) is 5.38. The van der Waals surface area contributed by atoms with Crippen molar-refractivity contribution in [1.29, 1.82) is 5.26 Å². The minimum Gasteiger partial charge on any atom is -0.318 e. The molecule has 1 heterocycles. The number of carbonyl (C=O) groups excluding carboxylic acids is 1. The molecule has 6 heteroatoms. The number of thiophene rings is 1. The summed E-state index contributed by atoms with van der Waals surface area (Å²) in [4.78, 5) is 14.9. The minimum absolute atomic E-state index is 0.266. The lowest BCUT2D eigenvalue weighted by Crippen LogP contribution is -2.35. The van der Waals surface area contributed by atoms with Gasteiger partial charge in [-0.25, -0.2) is 9.18 Å². The number of nitriles is 1. The third-order valence-electron chi connectivity index (χ3n) is 2.80. The molecule has 2 amide bonds. The Hall–Kier alpha value is -2.39. The fourth-order valence-corrected chi connectivity index (χ4v) is 2.48. The maximum Gasteiger partial charge on any atom is 0.322 e. The average Bonchev–Trinajstić information content (AvgIpc) is 2.98. The van der Waals surface area contributed by atoms with Gasteiger partial charge in [0.1, 0.15) is 5.82 Å². The van der Waals surface area contributed by atoms with Gasteiger partial charge in [0.2, 0.25) is 0 Å². The monoisotopic (exact) mass is 303 g/mol. The van der Waals surface area contributed by atoms with E-state index in [2.05, 4.69) is 5.32 Å². The fraction of sp³-hybridized carbons (Fsp3) is 0.200. The van der Waals surface area contributed by atoms with E-state index in [9.17, 15) is 9.18 Å². The van der Waals surface area contributed by atoms with Gasteiger partial charge >= 0.3 is 6.03 Å². The molecule has 1 N–H and O–H groups in total. The maximum absolute atomic E-state index is 12.8. The number of carbonyl (C=O) groups is 1. The molecule has 2 rings (SSSR count). The molecule has 0 saturated heterocycles. The van der Waals surface area contributed by atoms with Crippen molar-refractivity contribution in [2.45, 2.75) is 13.0 Å². The van der Waals surface area contributed by atoms with Gasteiger partial charge in [0.25, 0.3) is 0 Å². The van der Waals surface area contributed by atoms with Gasteiger partial charge < -0.3 is 10.2 Å². The topological polar surface area (TPSA) is 56.1 Å². The number of amides is 2. The Morgan fingerprint density at radius 2 is 2.10 bits per heavy atom. The molecule has 0 fully saturated rings. The molecule has 2 aromatic rings. The number of hydrogen-bond acceptors (Lipinski definition) is 3. The van der Waals surface area contributed by atoms with E-state index in [1.165, 1.54) is 24.3 Å². The molecular formula is C15H14FN3OS. The maximum atomic E-state index is 12.8. The zero-order valence-electron chi connectivity index (χ0n) is 11.3. The van der Waals surface area contributed by atoms with Crippen LogP contribution < -0.4 is 5.32 Å². The van der Waals surface area contributed by atoms with Gasteiger partial charge in [0, 0.05) is 17.1 Å². The standard InChI is InChI=1S/C15H14FN3OS/c16-12-4-6-13(7-5-12)18-15(20)19(9-2-8-17)11-14-3-1-10-21-14/h1,3-7,10H,2,9,11H2,(H,18,20). The normalized spacial score (nSPS) is 9.90. The first-order chi connectivity index (χ1) is 10.2. The lowest BCUT2D eigenvalue weighted by Gasteiger charge is -2.21. The van der Waals surface area contributed by atoms with Gasteiger partial charge in [-0.15, -0.1) is 11.3 Å². The summed E-state index contributed by atoms with van der Waals surface area (Å²) in [6.45, 7) is 0.799. The van der Waals surface area contributed by atoms with E-state index in [0.717, 1.165) is 4.88 Å². The third kappa shape index (κ3) is 4.58. The highest BCUT2D eigenvalue weighted by Gasteiger charge is 2.14. The Bertz CT molecular complexity index is 619. The van der Waals surface area contributed by atoms with E-state index in [0.29, 0.717) is 18.8 Å². The number of anilines is 1. The van der Waals surface area contributed by atoms with E-state index < -0.39 is 0 Å². The number of nitrogens with one attached hydrogen (secondary N) is 1. The summed E-state index contributed by atoms with van der Waals surface area (Å²) < 4.78 is 12.8. The molecular weight excluding hydrogens is 289 g/mol. The van der Waals surface area contributed by atoms with E-state index >= 15 is 0 Å². The molecule has 21 heavy (non-hydrogen) atoms. The van der Waals surface area contributed by atoms with E-state index in [1.54, 1.807) is 16.2 Å². The van der Waals surface area contributed by atoms with Crippen LogP contribution in [0.25, 0.3) is 0 Å². The van der Waals surface area contributed by atoms with Gasteiger partial charge in [-0.05, 0) is 35.7 Å². The first kappa shape index (κ1) is 15.0. The number of rotatable bonds is 5. The number of benzene rings is 1. The Balaban J connectivity index is 2.02. The Morgan fingerprint density at radius 3 is 2.71 bits per heavy atom. The molecule has 1 aromatic heterocycles. The molecule has 1 aromatic carbocycles. The smallest absolute Gasteiger partial charge is 0.318 e. The van der Waals surface area contributed by atoms with Crippen LogP contribution in [0.3, 0.4) is 0 Å². The number of halogens is 1. The van der Waals surface area contributed by atoms with Crippen LogP contribution in [0.5, 0.6) is 0 Å². The molecule has 0 radical (unpaired) electrons. The van der Waals surface area contributed by atoms with E-state index in [1.807, 2.05) is 23.6 Å². The third-order valence-corrected chi connectivity index (χ3v) is 3.66. The zero-order valence-corrected chi connectivity index (χ0v) is 12.1. The predicted molar refractivity (Wildman–Crippen MR) is 80.4 cm³/mol.